The molecule has 0 aliphatic rings. The van der Waals surface area contributed by atoms with Crippen molar-refractivity contribution < 1.29 is 4.74 Å². The summed E-state index contributed by atoms with van der Waals surface area (Å²) in [7, 11) is 1.69. The van der Waals surface area contributed by atoms with Gasteiger partial charge in [-0.15, -0.1) is 0 Å². The largest absolute Gasteiger partial charge is 0.497 e. The Hall–Kier alpha value is -1.23. The van der Waals surface area contributed by atoms with Crippen molar-refractivity contribution in [2.24, 2.45) is 0 Å². The third-order valence-electron chi connectivity index (χ3n) is 3.11. The molecule has 0 bridgehead atoms. The van der Waals surface area contributed by atoms with Gasteiger partial charge in [0.05, 0.1) is 7.11 Å². The zero-order chi connectivity index (χ0) is 13.7. The van der Waals surface area contributed by atoms with E-state index in [0.29, 0.717) is 0 Å². The van der Waals surface area contributed by atoms with Crippen LogP contribution in [-0.4, -0.2) is 13.7 Å². The van der Waals surface area contributed by atoms with Crippen molar-refractivity contribution in [3.8, 4) is 5.75 Å². The fourth-order valence-corrected chi connectivity index (χ4v) is 2.35. The van der Waals surface area contributed by atoms with E-state index in [4.69, 9.17) is 4.74 Å². The second kappa shape index (κ2) is 6.80. The lowest BCUT2D eigenvalue weighted by molar-refractivity contribution is 0.414. The molecule has 0 spiro atoms. The Kier molecular flexibility index (Phi) is 5.07. The van der Waals surface area contributed by atoms with E-state index in [2.05, 4.69) is 70.8 Å². The Morgan fingerprint density at radius 3 is 2.16 bits per heavy atom. The average Bonchev–Trinajstić information content (AvgIpc) is 2.46. The van der Waals surface area contributed by atoms with Crippen LogP contribution in [0.1, 0.15) is 12.5 Å². The Labute approximate surface area is 128 Å². The first-order valence-corrected chi connectivity index (χ1v) is 7.44. The van der Waals surface area contributed by atoms with Crippen molar-refractivity contribution in [1.29, 1.82) is 0 Å². The molecule has 2 rings (SSSR count). The predicted molar refractivity (Wildman–Crippen MR) is 88.9 cm³/mol. The molecule has 0 N–H and O–H groups in total. The Bertz CT molecular complexity index is 507. The van der Waals surface area contributed by atoms with Crippen LogP contribution in [-0.2, 0) is 6.54 Å². The molecular formula is C16H18INO. The topological polar surface area (TPSA) is 12.5 Å². The highest BCUT2D eigenvalue weighted by atomic mass is 127. The Morgan fingerprint density at radius 2 is 1.63 bits per heavy atom. The molecule has 19 heavy (non-hydrogen) atoms. The van der Waals surface area contributed by atoms with Gasteiger partial charge in [0.2, 0.25) is 0 Å². The molecule has 0 amide bonds. The zero-order valence-electron chi connectivity index (χ0n) is 11.3. The van der Waals surface area contributed by atoms with Gasteiger partial charge in [0, 0.05) is 22.3 Å². The SMILES string of the molecule is CCN(Cc1ccc(OC)cc1)c1ccc(I)cc1. The van der Waals surface area contributed by atoms with Crippen molar-refractivity contribution >= 4 is 28.3 Å². The molecule has 0 radical (unpaired) electrons. The van der Waals surface area contributed by atoms with Gasteiger partial charge in [0.25, 0.3) is 0 Å². The minimum absolute atomic E-state index is 0.904. The van der Waals surface area contributed by atoms with Gasteiger partial charge in [-0.05, 0) is 71.5 Å². The van der Waals surface area contributed by atoms with Crippen molar-refractivity contribution in [2.45, 2.75) is 13.5 Å². The van der Waals surface area contributed by atoms with Crippen molar-refractivity contribution in [3.05, 3.63) is 57.7 Å². The number of hydrogen-bond donors (Lipinski definition) is 0. The van der Waals surface area contributed by atoms with Crippen molar-refractivity contribution in [2.75, 3.05) is 18.6 Å². The Morgan fingerprint density at radius 1 is 1.00 bits per heavy atom. The highest BCUT2D eigenvalue weighted by Gasteiger charge is 2.05. The van der Waals surface area contributed by atoms with Crippen LogP contribution in [0.5, 0.6) is 5.75 Å². The number of benzene rings is 2. The summed E-state index contributed by atoms with van der Waals surface area (Å²) in [5.74, 6) is 0.904. The van der Waals surface area contributed by atoms with E-state index < -0.39 is 0 Å². The van der Waals surface area contributed by atoms with Gasteiger partial charge in [-0.3, -0.25) is 0 Å². The van der Waals surface area contributed by atoms with Gasteiger partial charge in [0.1, 0.15) is 5.75 Å². The first-order chi connectivity index (χ1) is 9.22. The molecule has 0 saturated heterocycles. The minimum Gasteiger partial charge on any atom is -0.497 e. The van der Waals surface area contributed by atoms with Crippen LogP contribution >= 0.6 is 22.6 Å². The molecule has 3 heteroatoms. The number of rotatable bonds is 5. The summed E-state index contributed by atoms with van der Waals surface area (Å²) in [6, 6.07) is 16.9. The molecule has 0 unspecified atom stereocenters. The van der Waals surface area contributed by atoms with Crippen molar-refractivity contribution in [1.82, 2.24) is 0 Å². The van der Waals surface area contributed by atoms with Gasteiger partial charge in [-0.2, -0.15) is 0 Å². The normalized spacial score (nSPS) is 10.3. The monoisotopic (exact) mass is 367 g/mol. The lowest BCUT2D eigenvalue weighted by Gasteiger charge is -2.23. The van der Waals surface area contributed by atoms with Gasteiger partial charge in [-0.25, -0.2) is 0 Å². The van der Waals surface area contributed by atoms with E-state index in [1.807, 2.05) is 12.1 Å². The van der Waals surface area contributed by atoms with Gasteiger partial charge < -0.3 is 9.64 Å². The maximum absolute atomic E-state index is 5.18. The molecule has 0 heterocycles. The van der Waals surface area contributed by atoms with Crippen LogP contribution in [0, 0.1) is 3.57 Å². The van der Waals surface area contributed by atoms with Gasteiger partial charge in [-0.1, -0.05) is 12.1 Å². The highest BCUT2D eigenvalue weighted by Crippen LogP contribution is 2.20. The van der Waals surface area contributed by atoms with E-state index in [-0.39, 0.29) is 0 Å². The molecule has 2 aromatic carbocycles. The summed E-state index contributed by atoms with van der Waals surface area (Å²) in [6.07, 6.45) is 0. The molecule has 0 aliphatic carbocycles. The van der Waals surface area contributed by atoms with Crippen LogP contribution in [0.3, 0.4) is 0 Å². The fourth-order valence-electron chi connectivity index (χ4n) is 1.99. The molecule has 2 nitrogen and oxygen atoms in total. The van der Waals surface area contributed by atoms with Gasteiger partial charge >= 0.3 is 0 Å². The van der Waals surface area contributed by atoms with E-state index in [9.17, 15) is 0 Å². The number of hydrogen-bond acceptors (Lipinski definition) is 2. The van der Waals surface area contributed by atoms with Crippen LogP contribution in [0.25, 0.3) is 0 Å². The Balaban J connectivity index is 2.11. The standard InChI is InChI=1S/C16H18INO/c1-3-18(15-8-6-14(17)7-9-15)12-13-4-10-16(19-2)11-5-13/h4-11H,3,12H2,1-2H3. The first kappa shape index (κ1) is 14.2. The summed E-state index contributed by atoms with van der Waals surface area (Å²) in [5.41, 5.74) is 2.56. The number of halogens is 1. The summed E-state index contributed by atoms with van der Waals surface area (Å²) in [5, 5.41) is 0. The molecule has 0 fully saturated rings. The van der Waals surface area contributed by atoms with E-state index in [1.54, 1.807) is 7.11 Å². The molecular weight excluding hydrogens is 349 g/mol. The quantitative estimate of drug-likeness (QED) is 0.730. The maximum Gasteiger partial charge on any atom is 0.118 e. The predicted octanol–water partition coefficient (Wildman–Crippen LogP) is 4.33. The second-order valence-electron chi connectivity index (χ2n) is 4.34. The number of nitrogens with zero attached hydrogens (tertiary/aromatic N) is 1. The fraction of sp³-hybridized carbons (Fsp3) is 0.250. The van der Waals surface area contributed by atoms with Crippen LogP contribution in [0.2, 0.25) is 0 Å². The second-order valence-corrected chi connectivity index (χ2v) is 5.58. The van der Waals surface area contributed by atoms with Crippen LogP contribution < -0.4 is 9.64 Å². The van der Waals surface area contributed by atoms with Crippen LogP contribution in [0.15, 0.2) is 48.5 Å². The molecule has 0 atom stereocenters. The lowest BCUT2D eigenvalue weighted by atomic mass is 10.2. The minimum atomic E-state index is 0.904. The molecule has 100 valence electrons. The van der Waals surface area contributed by atoms with E-state index >= 15 is 0 Å². The number of anilines is 1. The molecule has 0 aromatic heterocycles. The third kappa shape index (κ3) is 3.86. The highest BCUT2D eigenvalue weighted by molar-refractivity contribution is 14.1. The maximum atomic E-state index is 5.18. The molecule has 2 aromatic rings. The summed E-state index contributed by atoms with van der Waals surface area (Å²) < 4.78 is 6.45. The van der Waals surface area contributed by atoms with Crippen LogP contribution in [0.4, 0.5) is 5.69 Å². The smallest absolute Gasteiger partial charge is 0.118 e. The third-order valence-corrected chi connectivity index (χ3v) is 3.83. The molecule has 0 saturated carbocycles. The van der Waals surface area contributed by atoms with E-state index in [0.717, 1.165) is 18.8 Å². The molecule has 0 aliphatic heterocycles. The summed E-state index contributed by atoms with van der Waals surface area (Å²) in [4.78, 5) is 2.36. The summed E-state index contributed by atoms with van der Waals surface area (Å²) >= 11 is 2.33. The number of methoxy groups -OCH3 is 1. The summed E-state index contributed by atoms with van der Waals surface area (Å²) in [6.45, 7) is 4.09. The zero-order valence-corrected chi connectivity index (χ0v) is 13.4. The average molecular weight is 367 g/mol. The van der Waals surface area contributed by atoms with Gasteiger partial charge in [0.15, 0.2) is 0 Å². The lowest BCUT2D eigenvalue weighted by Crippen LogP contribution is -2.21. The number of ether oxygens (including phenoxy) is 1. The first-order valence-electron chi connectivity index (χ1n) is 6.36. The van der Waals surface area contributed by atoms with Crippen molar-refractivity contribution in [3.63, 3.8) is 0 Å². The van der Waals surface area contributed by atoms with E-state index in [1.165, 1.54) is 14.8 Å².